The van der Waals surface area contributed by atoms with Crippen molar-refractivity contribution in [2.45, 2.75) is 95.6 Å². The molecule has 4 fully saturated rings. The van der Waals surface area contributed by atoms with Gasteiger partial charge in [-0.25, -0.2) is 0 Å². The highest BCUT2D eigenvalue weighted by molar-refractivity contribution is 5.86. The molecule has 0 aromatic heterocycles. The number of amides is 2. The third kappa shape index (κ3) is 6.31. The summed E-state index contributed by atoms with van der Waals surface area (Å²) in [5, 5.41) is 13.3. The SMILES string of the molecule is C[C@@H]1CCCC[C@H]1N1CC[C@](C#N)(NC(=O)[C@@H](CC(=O)N2CCOCC2)CC2CCCCC2)C1. The third-order valence-corrected chi connectivity index (χ3v) is 8.91. The minimum atomic E-state index is -0.832. The van der Waals surface area contributed by atoms with Crippen LogP contribution in [0.25, 0.3) is 0 Å². The standard InChI is InChI=1S/C27H44N4O3/c1-21-7-5-6-10-24(21)31-12-11-27(19-28,20-31)29-26(33)23(17-22-8-3-2-4-9-22)18-25(32)30-13-15-34-16-14-30/h21-24H,2-18,20H2,1H3,(H,29,33)/t21-,23-,24-,27-/m1/s1. The van der Waals surface area contributed by atoms with Crippen molar-refractivity contribution in [2.75, 3.05) is 39.4 Å². The van der Waals surface area contributed by atoms with Crippen LogP contribution < -0.4 is 5.32 Å². The second-order valence-electron chi connectivity index (χ2n) is 11.4. The van der Waals surface area contributed by atoms with Crippen molar-refractivity contribution in [2.24, 2.45) is 17.8 Å². The molecule has 0 aromatic carbocycles. The van der Waals surface area contributed by atoms with Crippen LogP contribution in [0.15, 0.2) is 0 Å². The van der Waals surface area contributed by atoms with Crippen LogP contribution in [0.1, 0.15) is 84.0 Å². The molecule has 0 unspecified atom stereocenters. The van der Waals surface area contributed by atoms with Crippen LogP contribution in [0, 0.1) is 29.1 Å². The van der Waals surface area contributed by atoms with Crippen molar-refractivity contribution in [3.8, 4) is 6.07 Å². The Kier molecular flexibility index (Phi) is 8.87. The molecular formula is C27H44N4O3. The predicted octanol–water partition coefficient (Wildman–Crippen LogP) is 3.48. The van der Waals surface area contributed by atoms with E-state index in [0.717, 1.165) is 25.8 Å². The van der Waals surface area contributed by atoms with Crippen molar-refractivity contribution in [3.05, 3.63) is 0 Å². The maximum absolute atomic E-state index is 13.6. The quantitative estimate of drug-likeness (QED) is 0.613. The molecule has 190 valence electrons. The molecule has 4 aliphatic rings. The number of hydrogen-bond acceptors (Lipinski definition) is 5. The van der Waals surface area contributed by atoms with Gasteiger partial charge in [-0.15, -0.1) is 0 Å². The molecule has 2 aliphatic heterocycles. The average Bonchev–Trinajstić information content (AvgIpc) is 3.29. The molecular weight excluding hydrogens is 428 g/mol. The van der Waals surface area contributed by atoms with Crippen molar-refractivity contribution < 1.29 is 14.3 Å². The Hall–Kier alpha value is -1.65. The second-order valence-corrected chi connectivity index (χ2v) is 11.4. The molecule has 4 rings (SSSR count). The highest BCUT2D eigenvalue weighted by Crippen LogP contribution is 2.34. The molecule has 34 heavy (non-hydrogen) atoms. The molecule has 0 aromatic rings. The summed E-state index contributed by atoms with van der Waals surface area (Å²) in [5.41, 5.74) is -0.832. The highest BCUT2D eigenvalue weighted by Gasteiger charge is 2.44. The lowest BCUT2D eigenvalue weighted by atomic mass is 9.81. The Morgan fingerprint density at radius 1 is 1.06 bits per heavy atom. The fraction of sp³-hybridized carbons (Fsp3) is 0.889. The Morgan fingerprint density at radius 3 is 2.47 bits per heavy atom. The Labute approximate surface area is 205 Å². The summed E-state index contributed by atoms with van der Waals surface area (Å²) < 4.78 is 5.39. The van der Waals surface area contributed by atoms with E-state index in [1.807, 2.05) is 4.90 Å². The minimum absolute atomic E-state index is 0.0503. The van der Waals surface area contributed by atoms with Gasteiger partial charge in [0.1, 0.15) is 5.54 Å². The largest absolute Gasteiger partial charge is 0.378 e. The van der Waals surface area contributed by atoms with E-state index in [1.54, 1.807) is 0 Å². The van der Waals surface area contributed by atoms with Gasteiger partial charge in [0.05, 0.1) is 19.3 Å². The predicted molar refractivity (Wildman–Crippen MR) is 131 cm³/mol. The molecule has 0 spiro atoms. The summed E-state index contributed by atoms with van der Waals surface area (Å²) in [6.07, 6.45) is 12.7. The number of rotatable bonds is 7. The molecule has 2 amide bonds. The van der Waals surface area contributed by atoms with Crippen LogP contribution in [0.5, 0.6) is 0 Å². The lowest BCUT2D eigenvalue weighted by Crippen LogP contribution is -2.53. The number of likely N-dealkylation sites (tertiary alicyclic amines) is 1. The topological polar surface area (TPSA) is 85.7 Å². The van der Waals surface area contributed by atoms with E-state index in [9.17, 15) is 14.9 Å². The Morgan fingerprint density at radius 2 is 1.76 bits per heavy atom. The summed E-state index contributed by atoms with van der Waals surface area (Å²) in [6, 6.07) is 3.00. The van der Waals surface area contributed by atoms with Gasteiger partial charge in [-0.2, -0.15) is 5.26 Å². The molecule has 0 radical (unpaired) electrons. The molecule has 1 N–H and O–H groups in total. The summed E-state index contributed by atoms with van der Waals surface area (Å²) in [6.45, 7) is 6.14. The van der Waals surface area contributed by atoms with Crippen molar-refractivity contribution >= 4 is 11.8 Å². The van der Waals surface area contributed by atoms with E-state index in [-0.39, 0.29) is 24.2 Å². The zero-order valence-electron chi connectivity index (χ0n) is 21.1. The number of hydrogen-bond donors (Lipinski definition) is 1. The normalized spacial score (nSPS) is 32.2. The van der Waals surface area contributed by atoms with Crippen LogP contribution in [0.4, 0.5) is 0 Å². The lowest BCUT2D eigenvalue weighted by molar-refractivity contribution is -0.140. The van der Waals surface area contributed by atoms with Gasteiger partial charge in [0.15, 0.2) is 0 Å². The van der Waals surface area contributed by atoms with E-state index >= 15 is 0 Å². The van der Waals surface area contributed by atoms with Crippen molar-refractivity contribution in [1.82, 2.24) is 15.1 Å². The molecule has 2 heterocycles. The van der Waals surface area contributed by atoms with Crippen LogP contribution >= 0.6 is 0 Å². The number of ether oxygens (including phenoxy) is 1. The first-order valence-corrected chi connectivity index (χ1v) is 13.8. The molecule has 4 atom stereocenters. The number of carbonyl (C=O) groups excluding carboxylic acids is 2. The van der Waals surface area contributed by atoms with Gasteiger partial charge in [0, 0.05) is 44.6 Å². The summed E-state index contributed by atoms with van der Waals surface area (Å²) in [5.74, 6) is 0.750. The third-order valence-electron chi connectivity index (χ3n) is 8.91. The number of carbonyl (C=O) groups is 2. The molecule has 0 bridgehead atoms. The van der Waals surface area contributed by atoms with Gasteiger partial charge in [-0.1, -0.05) is 51.9 Å². The Balaban J connectivity index is 1.41. The van der Waals surface area contributed by atoms with Crippen molar-refractivity contribution in [3.63, 3.8) is 0 Å². The average molecular weight is 473 g/mol. The number of nitriles is 1. The first-order valence-electron chi connectivity index (χ1n) is 13.8. The van der Waals surface area contributed by atoms with Crippen LogP contribution in [-0.4, -0.2) is 72.6 Å². The fourth-order valence-electron chi connectivity index (χ4n) is 6.78. The number of morpholine rings is 1. The molecule has 7 nitrogen and oxygen atoms in total. The summed E-state index contributed by atoms with van der Waals surface area (Å²) in [7, 11) is 0. The smallest absolute Gasteiger partial charge is 0.224 e. The maximum Gasteiger partial charge on any atom is 0.224 e. The highest BCUT2D eigenvalue weighted by atomic mass is 16.5. The molecule has 7 heteroatoms. The fourth-order valence-corrected chi connectivity index (χ4v) is 6.78. The summed E-state index contributed by atoms with van der Waals surface area (Å²) >= 11 is 0. The van der Waals surface area contributed by atoms with Gasteiger partial charge in [-0.3, -0.25) is 14.5 Å². The second kappa shape index (κ2) is 11.9. The van der Waals surface area contributed by atoms with E-state index in [4.69, 9.17) is 4.74 Å². The first kappa shape index (κ1) is 25.4. The number of nitrogens with one attached hydrogen (secondary N) is 1. The van der Waals surface area contributed by atoms with Gasteiger partial charge in [0.25, 0.3) is 0 Å². The molecule has 2 saturated heterocycles. The zero-order valence-corrected chi connectivity index (χ0v) is 21.1. The van der Waals surface area contributed by atoms with E-state index in [1.165, 1.54) is 44.9 Å². The zero-order chi connectivity index (χ0) is 24.0. The summed E-state index contributed by atoms with van der Waals surface area (Å²) in [4.78, 5) is 31.0. The van der Waals surface area contributed by atoms with Crippen molar-refractivity contribution in [1.29, 1.82) is 5.26 Å². The van der Waals surface area contributed by atoms with Gasteiger partial charge in [-0.05, 0) is 37.5 Å². The molecule has 2 aliphatic carbocycles. The minimum Gasteiger partial charge on any atom is -0.378 e. The first-order chi connectivity index (χ1) is 16.5. The maximum atomic E-state index is 13.6. The van der Waals surface area contributed by atoms with Crippen LogP contribution in [-0.2, 0) is 14.3 Å². The van der Waals surface area contributed by atoms with E-state index in [0.29, 0.717) is 57.1 Å². The Bertz CT molecular complexity index is 741. The monoisotopic (exact) mass is 472 g/mol. The van der Waals surface area contributed by atoms with Gasteiger partial charge < -0.3 is 15.0 Å². The van der Waals surface area contributed by atoms with E-state index < -0.39 is 5.54 Å². The van der Waals surface area contributed by atoms with Gasteiger partial charge >= 0.3 is 0 Å². The van der Waals surface area contributed by atoms with Gasteiger partial charge in [0.2, 0.25) is 11.8 Å². The lowest BCUT2D eigenvalue weighted by Gasteiger charge is -2.37. The van der Waals surface area contributed by atoms with Crippen LogP contribution in [0.2, 0.25) is 0 Å². The number of nitrogens with zero attached hydrogens (tertiary/aromatic N) is 3. The van der Waals surface area contributed by atoms with Crippen LogP contribution in [0.3, 0.4) is 0 Å². The van der Waals surface area contributed by atoms with E-state index in [2.05, 4.69) is 23.2 Å². The molecule has 2 saturated carbocycles.